The van der Waals surface area contributed by atoms with Crippen LogP contribution in [0.3, 0.4) is 0 Å². The maximum absolute atomic E-state index is 11.7. The summed E-state index contributed by atoms with van der Waals surface area (Å²) in [5.41, 5.74) is 5.21. The number of ether oxygens (including phenoxy) is 1. The van der Waals surface area contributed by atoms with Crippen molar-refractivity contribution in [2.75, 3.05) is 6.61 Å². The lowest BCUT2D eigenvalue weighted by molar-refractivity contribution is -0.134. The van der Waals surface area contributed by atoms with Gasteiger partial charge >= 0.3 is 0 Å². The third kappa shape index (κ3) is 3.71. The molecule has 0 bridgehead atoms. The zero-order valence-corrected chi connectivity index (χ0v) is 9.81. The molecule has 1 aliphatic rings. The van der Waals surface area contributed by atoms with E-state index in [1.165, 1.54) is 0 Å². The molecule has 2 amide bonds. The highest BCUT2D eigenvalue weighted by molar-refractivity contribution is 5.88. The van der Waals surface area contributed by atoms with Gasteiger partial charge in [0.1, 0.15) is 12.1 Å². The molecule has 1 heterocycles. The molecule has 0 aliphatic carbocycles. The third-order valence-electron chi connectivity index (χ3n) is 2.81. The Bertz CT molecular complexity index is 331. The van der Waals surface area contributed by atoms with Gasteiger partial charge < -0.3 is 15.8 Å². The van der Waals surface area contributed by atoms with Crippen molar-refractivity contribution in [2.24, 2.45) is 11.7 Å². The molecule has 0 spiro atoms. The van der Waals surface area contributed by atoms with Gasteiger partial charge in [-0.25, -0.2) is 0 Å². The number of primary amides is 1. The third-order valence-corrected chi connectivity index (χ3v) is 2.81. The second-order valence-corrected chi connectivity index (χ2v) is 4.23. The monoisotopic (exact) mass is 239 g/mol. The van der Waals surface area contributed by atoms with Gasteiger partial charge in [0, 0.05) is 13.0 Å². The van der Waals surface area contributed by atoms with E-state index in [4.69, 9.17) is 15.7 Å². The van der Waals surface area contributed by atoms with Crippen molar-refractivity contribution in [1.82, 2.24) is 5.32 Å². The highest BCUT2D eigenvalue weighted by atomic mass is 16.5. The largest absolute Gasteiger partial charge is 0.368 e. The van der Waals surface area contributed by atoms with Crippen LogP contribution in [0.5, 0.6) is 0 Å². The van der Waals surface area contributed by atoms with Crippen molar-refractivity contribution in [3.63, 3.8) is 0 Å². The Kier molecular flexibility index (Phi) is 4.91. The van der Waals surface area contributed by atoms with Gasteiger partial charge in [0.15, 0.2) is 0 Å². The molecule has 0 aromatic heterocycles. The number of hydrogen-bond donors (Lipinski definition) is 2. The van der Waals surface area contributed by atoms with Gasteiger partial charge in [-0.3, -0.25) is 9.59 Å². The van der Waals surface area contributed by atoms with Gasteiger partial charge in [0.25, 0.3) is 0 Å². The predicted molar refractivity (Wildman–Crippen MR) is 59.5 cm³/mol. The van der Waals surface area contributed by atoms with Gasteiger partial charge in [-0.15, -0.1) is 0 Å². The van der Waals surface area contributed by atoms with E-state index in [0.29, 0.717) is 13.0 Å². The summed E-state index contributed by atoms with van der Waals surface area (Å²) in [4.78, 5) is 23.0. The van der Waals surface area contributed by atoms with Crippen LogP contribution in [0.1, 0.15) is 26.2 Å². The molecule has 0 saturated carbocycles. The van der Waals surface area contributed by atoms with Crippen molar-refractivity contribution in [3.05, 3.63) is 0 Å². The van der Waals surface area contributed by atoms with Crippen molar-refractivity contribution in [1.29, 1.82) is 5.26 Å². The first-order chi connectivity index (χ1) is 8.06. The van der Waals surface area contributed by atoms with E-state index >= 15 is 0 Å². The lowest BCUT2D eigenvalue weighted by Gasteiger charge is -2.21. The molecule has 1 aliphatic heterocycles. The fourth-order valence-corrected chi connectivity index (χ4v) is 1.79. The number of nitrogens with two attached hydrogens (primary N) is 1. The number of carbonyl (C=O) groups is 2. The standard InChI is InChI=1S/C11H17N3O3/c1-7(4-5-12)9(10(13)15)14-11(16)8-3-2-6-17-8/h7-9H,2-4,6H2,1H3,(H2,13,15)(H,14,16)/t7-,8+,9-/m0/s1. The van der Waals surface area contributed by atoms with Crippen molar-refractivity contribution >= 4 is 11.8 Å². The fraction of sp³-hybridized carbons (Fsp3) is 0.727. The van der Waals surface area contributed by atoms with Gasteiger partial charge in [0.05, 0.1) is 6.07 Å². The maximum atomic E-state index is 11.7. The minimum atomic E-state index is -0.814. The summed E-state index contributed by atoms with van der Waals surface area (Å²) < 4.78 is 5.21. The molecule has 94 valence electrons. The Morgan fingerprint density at radius 2 is 2.35 bits per heavy atom. The first-order valence-corrected chi connectivity index (χ1v) is 5.64. The molecule has 6 nitrogen and oxygen atoms in total. The number of nitrogens with one attached hydrogen (secondary N) is 1. The molecule has 1 saturated heterocycles. The Hall–Kier alpha value is -1.61. The van der Waals surface area contributed by atoms with Crippen molar-refractivity contribution in [2.45, 2.75) is 38.3 Å². The molecule has 0 aromatic carbocycles. The van der Waals surface area contributed by atoms with E-state index in [-0.39, 0.29) is 18.2 Å². The number of rotatable bonds is 5. The maximum Gasteiger partial charge on any atom is 0.249 e. The minimum absolute atomic E-state index is 0.166. The number of carbonyl (C=O) groups excluding carboxylic acids is 2. The average Bonchev–Trinajstić information content (AvgIpc) is 2.78. The summed E-state index contributed by atoms with van der Waals surface area (Å²) in [5.74, 6) is -1.25. The van der Waals surface area contributed by atoms with Crippen LogP contribution in [0.15, 0.2) is 0 Å². The minimum Gasteiger partial charge on any atom is -0.368 e. The number of amides is 2. The van der Waals surface area contributed by atoms with Crippen LogP contribution in [0.2, 0.25) is 0 Å². The quantitative estimate of drug-likeness (QED) is 0.686. The smallest absolute Gasteiger partial charge is 0.249 e. The summed E-state index contributed by atoms with van der Waals surface area (Å²) in [6.07, 6.45) is 1.17. The molecule has 17 heavy (non-hydrogen) atoms. The Labute approximate surface area is 100 Å². The molecule has 1 rings (SSSR count). The Morgan fingerprint density at radius 3 is 2.82 bits per heavy atom. The SMILES string of the molecule is C[C@@H](CC#N)[C@H](NC(=O)[C@H]1CCCO1)C(N)=O. The molecule has 0 aromatic rings. The second kappa shape index (κ2) is 6.21. The lowest BCUT2D eigenvalue weighted by Crippen LogP contribution is -2.51. The first kappa shape index (κ1) is 13.5. The molecule has 0 unspecified atom stereocenters. The summed E-state index contributed by atoms with van der Waals surface area (Å²) in [6, 6.07) is 1.14. The van der Waals surface area contributed by atoms with E-state index in [9.17, 15) is 9.59 Å². The van der Waals surface area contributed by atoms with Gasteiger partial charge in [-0.1, -0.05) is 6.92 Å². The molecule has 0 radical (unpaired) electrons. The Morgan fingerprint density at radius 1 is 1.65 bits per heavy atom. The molecule has 6 heteroatoms. The van der Waals surface area contributed by atoms with Crippen LogP contribution in [-0.2, 0) is 14.3 Å². The van der Waals surface area contributed by atoms with E-state index in [2.05, 4.69) is 5.32 Å². The number of hydrogen-bond acceptors (Lipinski definition) is 4. The van der Waals surface area contributed by atoms with Crippen LogP contribution in [0, 0.1) is 17.2 Å². The van der Waals surface area contributed by atoms with Crippen LogP contribution in [0.25, 0.3) is 0 Å². The van der Waals surface area contributed by atoms with Crippen LogP contribution in [0.4, 0.5) is 0 Å². The molecule has 3 atom stereocenters. The zero-order chi connectivity index (χ0) is 12.8. The normalized spacial score (nSPS) is 22.5. The van der Waals surface area contributed by atoms with Crippen LogP contribution in [-0.4, -0.2) is 30.6 Å². The highest BCUT2D eigenvalue weighted by Gasteiger charge is 2.30. The van der Waals surface area contributed by atoms with E-state index in [1.807, 2.05) is 6.07 Å². The average molecular weight is 239 g/mol. The van der Waals surface area contributed by atoms with Crippen LogP contribution < -0.4 is 11.1 Å². The zero-order valence-electron chi connectivity index (χ0n) is 9.81. The summed E-state index contributed by atoms with van der Waals surface area (Å²) in [7, 11) is 0. The Balaban J connectivity index is 2.57. The number of nitrogens with zero attached hydrogens (tertiary/aromatic N) is 1. The molecular weight excluding hydrogens is 222 g/mol. The van der Waals surface area contributed by atoms with Crippen molar-refractivity contribution < 1.29 is 14.3 Å². The second-order valence-electron chi connectivity index (χ2n) is 4.23. The van der Waals surface area contributed by atoms with E-state index in [0.717, 1.165) is 6.42 Å². The fourth-order valence-electron chi connectivity index (χ4n) is 1.79. The van der Waals surface area contributed by atoms with E-state index < -0.39 is 18.1 Å². The van der Waals surface area contributed by atoms with Crippen molar-refractivity contribution in [3.8, 4) is 6.07 Å². The summed E-state index contributed by atoms with van der Waals surface area (Å²) >= 11 is 0. The lowest BCUT2D eigenvalue weighted by atomic mass is 9.98. The molecule has 3 N–H and O–H groups in total. The first-order valence-electron chi connectivity index (χ1n) is 5.64. The van der Waals surface area contributed by atoms with E-state index in [1.54, 1.807) is 6.92 Å². The molecular formula is C11H17N3O3. The topological polar surface area (TPSA) is 105 Å². The van der Waals surface area contributed by atoms with Gasteiger partial charge in [-0.2, -0.15) is 5.26 Å². The van der Waals surface area contributed by atoms with Gasteiger partial charge in [0.2, 0.25) is 11.8 Å². The molecule has 1 fully saturated rings. The summed E-state index contributed by atoms with van der Waals surface area (Å²) in [6.45, 7) is 2.27. The predicted octanol–water partition coefficient (Wildman–Crippen LogP) is -0.315. The van der Waals surface area contributed by atoms with Gasteiger partial charge in [-0.05, 0) is 18.8 Å². The number of nitriles is 1. The highest BCUT2D eigenvalue weighted by Crippen LogP contribution is 2.13. The summed E-state index contributed by atoms with van der Waals surface area (Å²) in [5, 5.41) is 11.1. The van der Waals surface area contributed by atoms with Crippen LogP contribution >= 0.6 is 0 Å².